The summed E-state index contributed by atoms with van der Waals surface area (Å²) >= 11 is 0. The number of fused-ring (bicyclic) bond motifs is 1. The molecule has 1 aliphatic heterocycles. The molecule has 35 heavy (non-hydrogen) atoms. The van der Waals surface area contributed by atoms with Gasteiger partial charge in [-0.1, -0.05) is 18.2 Å². The second kappa shape index (κ2) is 10.4. The number of aryl methyl sites for hydroxylation is 1. The Morgan fingerprint density at radius 3 is 2.43 bits per heavy atom. The predicted octanol–water partition coefficient (Wildman–Crippen LogP) is 6.58. The molecule has 1 N–H and O–H groups in total. The first-order valence-electron chi connectivity index (χ1n) is 13.1. The fourth-order valence-corrected chi connectivity index (χ4v) is 6.36. The molecular weight excluding hydrogens is 451 g/mol. The normalized spacial score (nSPS) is 25.1. The first-order valence-corrected chi connectivity index (χ1v) is 13.1. The number of phenolic OH excluding ortho intramolecular Hbond substituents is 1. The van der Waals surface area contributed by atoms with Gasteiger partial charge in [-0.05, 0) is 84.9 Å². The van der Waals surface area contributed by atoms with Crippen molar-refractivity contribution in [3.63, 3.8) is 0 Å². The number of hydrogen-bond acceptors (Lipinski definition) is 3. The molecule has 3 nitrogen and oxygen atoms in total. The van der Waals surface area contributed by atoms with Crippen molar-refractivity contribution in [3.8, 4) is 11.5 Å². The van der Waals surface area contributed by atoms with E-state index in [-0.39, 0.29) is 31.4 Å². The van der Waals surface area contributed by atoms with Crippen molar-refractivity contribution in [1.29, 1.82) is 0 Å². The molecule has 0 amide bonds. The van der Waals surface area contributed by atoms with Crippen LogP contribution in [0.3, 0.4) is 0 Å². The van der Waals surface area contributed by atoms with E-state index in [9.17, 15) is 18.3 Å². The van der Waals surface area contributed by atoms with E-state index >= 15 is 0 Å². The summed E-state index contributed by atoms with van der Waals surface area (Å²) in [7, 11) is 0. The Balaban J connectivity index is 1.27. The summed E-state index contributed by atoms with van der Waals surface area (Å²) in [5.41, 5.74) is 3.64. The fraction of sp³-hybridized carbons (Fsp3) is 0.586. The lowest BCUT2D eigenvalue weighted by Crippen LogP contribution is -2.49. The number of rotatable bonds is 8. The summed E-state index contributed by atoms with van der Waals surface area (Å²) in [5, 5.41) is 10.0. The fourth-order valence-electron chi connectivity index (χ4n) is 6.36. The van der Waals surface area contributed by atoms with Gasteiger partial charge in [0, 0.05) is 44.3 Å². The lowest BCUT2D eigenvalue weighted by molar-refractivity contribution is -0.0484. The van der Waals surface area contributed by atoms with E-state index in [4.69, 9.17) is 4.74 Å². The second-order valence-electron chi connectivity index (χ2n) is 10.9. The Bertz CT molecular complexity index is 980. The topological polar surface area (TPSA) is 32.7 Å². The molecule has 2 aromatic carbocycles. The van der Waals surface area contributed by atoms with Gasteiger partial charge >= 0.3 is 0 Å². The number of hydrogen-bond donors (Lipinski definition) is 1. The maximum absolute atomic E-state index is 13.7. The van der Waals surface area contributed by atoms with Crippen molar-refractivity contribution in [2.75, 3.05) is 32.9 Å². The first-order chi connectivity index (χ1) is 16.9. The molecule has 6 heteroatoms. The molecule has 3 aliphatic rings. The molecule has 1 saturated heterocycles. The van der Waals surface area contributed by atoms with E-state index in [0.717, 1.165) is 44.6 Å². The Morgan fingerprint density at radius 1 is 0.971 bits per heavy atom. The smallest absolute Gasteiger partial charge is 0.248 e. The number of halogens is 3. The van der Waals surface area contributed by atoms with Crippen molar-refractivity contribution >= 4 is 0 Å². The number of phenols is 1. The van der Waals surface area contributed by atoms with E-state index in [2.05, 4.69) is 17.0 Å². The van der Waals surface area contributed by atoms with Crippen molar-refractivity contribution in [1.82, 2.24) is 4.90 Å². The molecule has 1 unspecified atom stereocenters. The number of ether oxygens (including phenoxy) is 1. The summed E-state index contributed by atoms with van der Waals surface area (Å²) in [6, 6.07) is 14.0. The van der Waals surface area contributed by atoms with Gasteiger partial charge in [0.2, 0.25) is 5.92 Å². The quantitative estimate of drug-likeness (QED) is 0.456. The number of likely N-dealkylation sites (tertiary alicyclic amines) is 1. The van der Waals surface area contributed by atoms with Crippen molar-refractivity contribution in [3.05, 3.63) is 59.2 Å². The van der Waals surface area contributed by atoms with Gasteiger partial charge in [-0.2, -0.15) is 0 Å². The highest BCUT2D eigenvalue weighted by Gasteiger charge is 2.38. The van der Waals surface area contributed by atoms with Crippen LogP contribution in [-0.4, -0.2) is 48.8 Å². The largest absolute Gasteiger partial charge is 0.508 e. The molecular formula is C29H36F3NO2. The number of aromatic hydroxyl groups is 1. The summed E-state index contributed by atoms with van der Waals surface area (Å²) in [5.74, 6) is -0.259. The van der Waals surface area contributed by atoms with Crippen LogP contribution in [0.15, 0.2) is 42.5 Å². The van der Waals surface area contributed by atoms with Crippen molar-refractivity contribution in [2.45, 2.75) is 56.8 Å². The van der Waals surface area contributed by atoms with Crippen LogP contribution in [0, 0.1) is 17.8 Å². The van der Waals surface area contributed by atoms with E-state index in [1.165, 1.54) is 16.7 Å². The van der Waals surface area contributed by atoms with E-state index < -0.39 is 5.92 Å². The minimum Gasteiger partial charge on any atom is -0.508 e. The van der Waals surface area contributed by atoms with Gasteiger partial charge in [-0.15, -0.1) is 0 Å². The molecule has 2 atom stereocenters. The summed E-state index contributed by atoms with van der Waals surface area (Å²) in [6.45, 7) is 2.78. The third kappa shape index (κ3) is 5.79. The summed E-state index contributed by atoms with van der Waals surface area (Å²) < 4.78 is 45.9. The standard InChI is InChI=1S/C29H36F3NO2/c30-17-21-18-33(19-21)13-14-35-26-6-3-22(4-7-26)28-24(15-20-9-11-29(31,32)12-10-20)2-1-23-16-25(34)5-8-27(23)28/h3-8,16,20-21,24,28,34H,1-2,9-15,17-19H2/t24?,28-/m0/s1. The SMILES string of the molecule is Oc1ccc2c(c1)CCC(CC1CCC(F)(F)CC1)[C@@H]2c1ccc(OCCN2CC(CF)C2)cc1. The first kappa shape index (κ1) is 24.5. The molecule has 0 radical (unpaired) electrons. The number of alkyl halides is 3. The highest BCUT2D eigenvalue weighted by Crippen LogP contribution is 2.47. The molecule has 5 rings (SSSR count). The van der Waals surface area contributed by atoms with Crippen LogP contribution in [-0.2, 0) is 6.42 Å². The van der Waals surface area contributed by atoms with E-state index in [1.54, 1.807) is 6.07 Å². The number of benzene rings is 2. The van der Waals surface area contributed by atoms with Crippen molar-refractivity contribution in [2.24, 2.45) is 17.8 Å². The third-order valence-electron chi connectivity index (χ3n) is 8.36. The number of nitrogens with zero attached hydrogens (tertiary/aromatic N) is 1. The van der Waals surface area contributed by atoms with Crippen LogP contribution < -0.4 is 4.74 Å². The third-order valence-corrected chi connectivity index (χ3v) is 8.36. The Hall–Kier alpha value is -2.21. The predicted molar refractivity (Wildman–Crippen MR) is 131 cm³/mol. The van der Waals surface area contributed by atoms with Crippen LogP contribution in [0.4, 0.5) is 13.2 Å². The Morgan fingerprint density at radius 2 is 1.71 bits per heavy atom. The van der Waals surface area contributed by atoms with Gasteiger partial charge < -0.3 is 9.84 Å². The van der Waals surface area contributed by atoms with Crippen LogP contribution in [0.2, 0.25) is 0 Å². The molecule has 0 bridgehead atoms. The Labute approximate surface area is 206 Å². The zero-order valence-electron chi connectivity index (χ0n) is 20.3. The van der Waals surface area contributed by atoms with Gasteiger partial charge in [-0.25, -0.2) is 8.78 Å². The summed E-state index contributed by atoms with van der Waals surface area (Å²) in [6.07, 6.45) is 4.11. The van der Waals surface area contributed by atoms with Crippen LogP contribution >= 0.6 is 0 Å². The Kier molecular flexibility index (Phi) is 7.29. The minimum absolute atomic E-state index is 0.0113. The highest BCUT2D eigenvalue weighted by atomic mass is 19.3. The molecule has 2 aliphatic carbocycles. The van der Waals surface area contributed by atoms with Gasteiger partial charge in [0.15, 0.2) is 0 Å². The van der Waals surface area contributed by atoms with Crippen molar-refractivity contribution < 1.29 is 23.0 Å². The zero-order chi connectivity index (χ0) is 24.4. The maximum Gasteiger partial charge on any atom is 0.248 e. The van der Waals surface area contributed by atoms with Crippen LogP contribution in [0.5, 0.6) is 11.5 Å². The summed E-state index contributed by atoms with van der Waals surface area (Å²) in [4.78, 5) is 2.21. The van der Waals surface area contributed by atoms with Crippen LogP contribution in [0.25, 0.3) is 0 Å². The van der Waals surface area contributed by atoms with Gasteiger partial charge in [0.25, 0.3) is 0 Å². The molecule has 2 fully saturated rings. The second-order valence-corrected chi connectivity index (χ2v) is 10.9. The zero-order valence-corrected chi connectivity index (χ0v) is 20.3. The molecule has 190 valence electrons. The minimum atomic E-state index is -2.49. The lowest BCUT2D eigenvalue weighted by Gasteiger charge is -2.38. The van der Waals surface area contributed by atoms with Gasteiger partial charge in [0.1, 0.15) is 18.1 Å². The van der Waals surface area contributed by atoms with Gasteiger partial charge in [0.05, 0.1) is 6.67 Å². The molecule has 0 aromatic heterocycles. The average Bonchev–Trinajstić information content (AvgIpc) is 2.82. The molecule has 1 heterocycles. The highest BCUT2D eigenvalue weighted by molar-refractivity contribution is 5.45. The van der Waals surface area contributed by atoms with Crippen LogP contribution in [0.1, 0.15) is 61.1 Å². The molecule has 1 saturated carbocycles. The molecule has 2 aromatic rings. The van der Waals surface area contributed by atoms with Gasteiger partial charge in [-0.3, -0.25) is 9.29 Å². The lowest BCUT2D eigenvalue weighted by atomic mass is 9.67. The molecule has 0 spiro atoms. The monoisotopic (exact) mass is 487 g/mol. The van der Waals surface area contributed by atoms with E-state index in [0.29, 0.717) is 37.0 Å². The van der Waals surface area contributed by atoms with E-state index in [1.807, 2.05) is 24.3 Å². The maximum atomic E-state index is 13.7. The average molecular weight is 488 g/mol.